The normalized spacial score (nSPS) is 22.8. The molecule has 1 fully saturated rings. The van der Waals surface area contributed by atoms with E-state index in [1.54, 1.807) is 19.3 Å². The smallest absolute Gasteiger partial charge is 0.255 e. The second kappa shape index (κ2) is 5.24. The molecule has 1 aromatic heterocycles. The summed E-state index contributed by atoms with van der Waals surface area (Å²) in [7, 11) is 1.74. The summed E-state index contributed by atoms with van der Waals surface area (Å²) in [6.45, 7) is 3.23. The number of rotatable bonds is 3. The molecule has 0 aliphatic carbocycles. The molecule has 2 heterocycles. The summed E-state index contributed by atoms with van der Waals surface area (Å²) < 4.78 is 6.10. The van der Waals surface area contributed by atoms with E-state index in [2.05, 4.69) is 31.5 Å². The summed E-state index contributed by atoms with van der Waals surface area (Å²) in [5.74, 6) is 0.430. The Kier molecular flexibility index (Phi) is 3.87. The third-order valence-electron chi connectivity index (χ3n) is 2.97. The van der Waals surface area contributed by atoms with Crippen molar-refractivity contribution in [2.75, 3.05) is 25.6 Å². The van der Waals surface area contributed by atoms with E-state index in [1.165, 1.54) is 0 Å². The van der Waals surface area contributed by atoms with Gasteiger partial charge in [-0.3, -0.25) is 4.79 Å². The molecule has 1 unspecified atom stereocenters. The first-order valence-electron chi connectivity index (χ1n) is 5.78. The van der Waals surface area contributed by atoms with Crippen molar-refractivity contribution < 1.29 is 9.53 Å². The van der Waals surface area contributed by atoms with Crippen molar-refractivity contribution in [2.24, 2.45) is 0 Å². The number of amides is 1. The van der Waals surface area contributed by atoms with Crippen molar-refractivity contribution in [1.29, 1.82) is 0 Å². The van der Waals surface area contributed by atoms with Crippen LogP contribution in [0.15, 0.2) is 16.7 Å². The Bertz CT molecular complexity index is 459. The molecule has 1 amide bonds. The number of halogens is 1. The Morgan fingerprint density at radius 2 is 2.39 bits per heavy atom. The molecule has 0 bridgehead atoms. The van der Waals surface area contributed by atoms with E-state index in [9.17, 15) is 4.79 Å². The van der Waals surface area contributed by atoms with Crippen molar-refractivity contribution in [3.63, 3.8) is 0 Å². The highest BCUT2D eigenvalue weighted by Gasteiger charge is 2.32. The molecular formula is C12H16BrN3O2. The van der Waals surface area contributed by atoms with Crippen LogP contribution in [0.2, 0.25) is 0 Å². The standard InChI is InChI=1S/C12H16BrN3O2/c1-12(3-4-18-7-12)16-11(17)9-5-8(13)6-15-10(9)14-2/h5-6H,3-4,7H2,1-2H3,(H,14,15)(H,16,17). The predicted octanol–water partition coefficient (Wildman–Crippen LogP) is 1.79. The summed E-state index contributed by atoms with van der Waals surface area (Å²) in [4.78, 5) is 16.4. The molecule has 2 rings (SSSR count). The summed E-state index contributed by atoms with van der Waals surface area (Å²) in [5, 5.41) is 5.93. The van der Waals surface area contributed by atoms with E-state index in [0.29, 0.717) is 24.6 Å². The van der Waals surface area contributed by atoms with Gasteiger partial charge in [-0.25, -0.2) is 4.98 Å². The molecule has 18 heavy (non-hydrogen) atoms. The fourth-order valence-electron chi connectivity index (χ4n) is 1.92. The molecule has 1 aliphatic rings. The summed E-state index contributed by atoms with van der Waals surface area (Å²) in [5.41, 5.74) is 0.240. The van der Waals surface area contributed by atoms with Gasteiger partial charge in [-0.05, 0) is 35.3 Å². The maximum atomic E-state index is 12.3. The lowest BCUT2D eigenvalue weighted by Crippen LogP contribution is -2.46. The van der Waals surface area contributed by atoms with Gasteiger partial charge in [0.1, 0.15) is 5.82 Å². The van der Waals surface area contributed by atoms with Crippen molar-refractivity contribution in [2.45, 2.75) is 18.9 Å². The van der Waals surface area contributed by atoms with Gasteiger partial charge >= 0.3 is 0 Å². The maximum absolute atomic E-state index is 12.3. The van der Waals surface area contributed by atoms with Gasteiger partial charge in [0, 0.05) is 24.3 Å². The van der Waals surface area contributed by atoms with E-state index >= 15 is 0 Å². The number of pyridine rings is 1. The number of nitrogens with zero attached hydrogens (tertiary/aromatic N) is 1. The molecule has 1 aromatic rings. The Morgan fingerprint density at radius 3 is 3.00 bits per heavy atom. The van der Waals surface area contributed by atoms with Crippen LogP contribution in [0.4, 0.5) is 5.82 Å². The van der Waals surface area contributed by atoms with Gasteiger partial charge in [0.15, 0.2) is 0 Å². The number of nitrogens with one attached hydrogen (secondary N) is 2. The fraction of sp³-hybridized carbons (Fsp3) is 0.500. The van der Waals surface area contributed by atoms with E-state index in [0.717, 1.165) is 10.9 Å². The molecule has 6 heteroatoms. The first kappa shape index (κ1) is 13.3. The third kappa shape index (κ3) is 2.81. The van der Waals surface area contributed by atoms with Crippen LogP contribution < -0.4 is 10.6 Å². The number of anilines is 1. The van der Waals surface area contributed by atoms with E-state index < -0.39 is 0 Å². The number of hydrogen-bond acceptors (Lipinski definition) is 4. The van der Waals surface area contributed by atoms with Gasteiger partial charge in [-0.1, -0.05) is 0 Å². The summed E-state index contributed by atoms with van der Waals surface area (Å²) in [6, 6.07) is 1.76. The molecule has 1 atom stereocenters. The van der Waals surface area contributed by atoms with Gasteiger partial charge in [0.2, 0.25) is 0 Å². The molecule has 5 nitrogen and oxygen atoms in total. The van der Waals surface area contributed by atoms with Crippen LogP contribution in [0.3, 0.4) is 0 Å². The zero-order chi connectivity index (χ0) is 13.2. The topological polar surface area (TPSA) is 63.2 Å². The average Bonchev–Trinajstić information content (AvgIpc) is 2.75. The highest BCUT2D eigenvalue weighted by molar-refractivity contribution is 9.10. The van der Waals surface area contributed by atoms with Crippen LogP contribution in [0.1, 0.15) is 23.7 Å². The molecule has 0 radical (unpaired) electrons. The lowest BCUT2D eigenvalue weighted by molar-refractivity contribution is 0.0890. The maximum Gasteiger partial charge on any atom is 0.255 e. The molecule has 0 spiro atoms. The molecule has 0 aromatic carbocycles. The Balaban J connectivity index is 2.20. The number of carbonyl (C=O) groups excluding carboxylic acids is 1. The number of aromatic nitrogens is 1. The van der Waals surface area contributed by atoms with Crippen LogP contribution in [-0.2, 0) is 4.74 Å². The predicted molar refractivity (Wildman–Crippen MR) is 72.8 cm³/mol. The molecule has 1 aliphatic heterocycles. The Hall–Kier alpha value is -1.14. The molecular weight excluding hydrogens is 298 g/mol. The lowest BCUT2D eigenvalue weighted by Gasteiger charge is -2.24. The van der Waals surface area contributed by atoms with Crippen LogP contribution in [0.25, 0.3) is 0 Å². The second-order valence-electron chi connectivity index (χ2n) is 4.62. The first-order valence-corrected chi connectivity index (χ1v) is 6.57. The van der Waals surface area contributed by atoms with Crippen LogP contribution >= 0.6 is 15.9 Å². The molecule has 2 N–H and O–H groups in total. The van der Waals surface area contributed by atoms with E-state index in [4.69, 9.17) is 4.74 Å². The van der Waals surface area contributed by atoms with Crippen LogP contribution in [-0.4, -0.2) is 36.7 Å². The Labute approximate surface area is 114 Å². The van der Waals surface area contributed by atoms with Gasteiger partial charge < -0.3 is 15.4 Å². The molecule has 1 saturated heterocycles. The summed E-state index contributed by atoms with van der Waals surface area (Å²) >= 11 is 3.32. The minimum Gasteiger partial charge on any atom is -0.379 e. The molecule has 98 valence electrons. The minimum absolute atomic E-state index is 0.138. The van der Waals surface area contributed by atoms with Crippen molar-refractivity contribution in [3.8, 4) is 0 Å². The zero-order valence-corrected chi connectivity index (χ0v) is 12.0. The van der Waals surface area contributed by atoms with Gasteiger partial charge in [-0.2, -0.15) is 0 Å². The SMILES string of the molecule is CNc1ncc(Br)cc1C(=O)NC1(C)CCOC1. The quantitative estimate of drug-likeness (QED) is 0.893. The second-order valence-corrected chi connectivity index (χ2v) is 5.53. The first-order chi connectivity index (χ1) is 8.54. The number of carbonyl (C=O) groups is 1. The van der Waals surface area contributed by atoms with Crippen molar-refractivity contribution >= 4 is 27.7 Å². The number of hydrogen-bond donors (Lipinski definition) is 2. The highest BCUT2D eigenvalue weighted by Crippen LogP contribution is 2.21. The average molecular weight is 314 g/mol. The highest BCUT2D eigenvalue weighted by atomic mass is 79.9. The Morgan fingerprint density at radius 1 is 1.61 bits per heavy atom. The van der Waals surface area contributed by atoms with Crippen LogP contribution in [0.5, 0.6) is 0 Å². The minimum atomic E-state index is -0.287. The van der Waals surface area contributed by atoms with E-state index in [-0.39, 0.29) is 11.4 Å². The zero-order valence-electron chi connectivity index (χ0n) is 10.4. The monoisotopic (exact) mass is 313 g/mol. The van der Waals surface area contributed by atoms with Gasteiger partial charge in [0.05, 0.1) is 17.7 Å². The lowest BCUT2D eigenvalue weighted by atomic mass is 10.0. The largest absolute Gasteiger partial charge is 0.379 e. The van der Waals surface area contributed by atoms with Gasteiger partial charge in [-0.15, -0.1) is 0 Å². The molecule has 0 saturated carbocycles. The van der Waals surface area contributed by atoms with Gasteiger partial charge in [0.25, 0.3) is 5.91 Å². The van der Waals surface area contributed by atoms with Crippen LogP contribution in [0, 0.1) is 0 Å². The fourth-order valence-corrected chi connectivity index (χ4v) is 2.25. The van der Waals surface area contributed by atoms with E-state index in [1.807, 2.05) is 6.92 Å². The summed E-state index contributed by atoms with van der Waals surface area (Å²) in [6.07, 6.45) is 2.48. The number of ether oxygens (including phenoxy) is 1. The van der Waals surface area contributed by atoms with Crippen molar-refractivity contribution in [3.05, 3.63) is 22.3 Å². The third-order valence-corrected chi connectivity index (χ3v) is 3.40. The van der Waals surface area contributed by atoms with Crippen molar-refractivity contribution in [1.82, 2.24) is 10.3 Å².